The van der Waals surface area contributed by atoms with E-state index in [2.05, 4.69) is 14.9 Å². The normalized spacial score (nSPS) is 18.8. The third-order valence-corrected chi connectivity index (χ3v) is 4.88. The molecule has 140 valence electrons. The molecule has 27 heavy (non-hydrogen) atoms. The molecule has 1 saturated heterocycles. The van der Waals surface area contributed by atoms with E-state index in [1.165, 1.54) is 0 Å². The Morgan fingerprint density at radius 3 is 2.37 bits per heavy atom. The predicted molar refractivity (Wildman–Crippen MR) is 98.6 cm³/mol. The van der Waals surface area contributed by atoms with Crippen molar-refractivity contribution >= 4 is 16.7 Å². The number of hydrogen-bond acceptors (Lipinski definition) is 4. The molecule has 1 aromatic heterocycles. The number of anilines is 1. The largest absolute Gasteiger partial charge is 0.451 e. The molecule has 0 spiro atoms. The number of fused-ring (bicyclic) bond motifs is 1. The number of nitrogens with zero attached hydrogens (tertiary/aromatic N) is 4. The van der Waals surface area contributed by atoms with Gasteiger partial charge in [0.2, 0.25) is 5.82 Å². The fraction of sp³-hybridized carbons (Fsp3) is 0.300. The SMILES string of the molecule is CN1CCN(c2nc(C(F)(F)F)nc3ccccc23)C(c2ccccc2)C1. The predicted octanol–water partition coefficient (Wildman–Crippen LogP) is 4.14. The molecule has 2 heterocycles. The molecule has 0 bridgehead atoms. The highest BCUT2D eigenvalue weighted by molar-refractivity contribution is 5.89. The van der Waals surface area contributed by atoms with E-state index in [1.54, 1.807) is 24.3 Å². The molecule has 0 N–H and O–H groups in total. The zero-order valence-corrected chi connectivity index (χ0v) is 14.8. The van der Waals surface area contributed by atoms with Gasteiger partial charge < -0.3 is 9.80 Å². The van der Waals surface area contributed by atoms with Crippen LogP contribution in [0.2, 0.25) is 0 Å². The summed E-state index contributed by atoms with van der Waals surface area (Å²) in [5.74, 6) is -0.753. The van der Waals surface area contributed by atoms with Crippen LogP contribution in [0, 0.1) is 0 Å². The number of para-hydroxylation sites is 1. The van der Waals surface area contributed by atoms with Crippen LogP contribution in [0.3, 0.4) is 0 Å². The number of rotatable bonds is 2. The van der Waals surface area contributed by atoms with Gasteiger partial charge in [-0.2, -0.15) is 13.2 Å². The lowest BCUT2D eigenvalue weighted by Crippen LogP contribution is -2.47. The Bertz CT molecular complexity index is 943. The van der Waals surface area contributed by atoms with Crippen molar-refractivity contribution in [3.63, 3.8) is 0 Å². The highest BCUT2D eigenvalue weighted by Gasteiger charge is 2.37. The lowest BCUT2D eigenvalue weighted by atomic mass is 10.0. The molecule has 2 aromatic carbocycles. The van der Waals surface area contributed by atoms with Gasteiger partial charge in [0, 0.05) is 25.0 Å². The minimum atomic E-state index is -4.59. The minimum absolute atomic E-state index is 0.0793. The Morgan fingerprint density at radius 1 is 0.926 bits per heavy atom. The third-order valence-electron chi connectivity index (χ3n) is 4.88. The van der Waals surface area contributed by atoms with Crippen molar-refractivity contribution in [3.05, 3.63) is 66.0 Å². The van der Waals surface area contributed by atoms with Crippen molar-refractivity contribution < 1.29 is 13.2 Å². The first kappa shape index (κ1) is 17.7. The summed E-state index contributed by atoms with van der Waals surface area (Å²) >= 11 is 0. The molecule has 0 aliphatic carbocycles. The molecule has 0 saturated carbocycles. The Balaban J connectivity index is 1.88. The van der Waals surface area contributed by atoms with Crippen LogP contribution in [0.25, 0.3) is 10.9 Å². The zero-order valence-electron chi connectivity index (χ0n) is 14.8. The van der Waals surface area contributed by atoms with Crippen LogP contribution in [0.15, 0.2) is 54.6 Å². The first-order valence-corrected chi connectivity index (χ1v) is 8.77. The van der Waals surface area contributed by atoms with Gasteiger partial charge in [0.25, 0.3) is 0 Å². The first-order valence-electron chi connectivity index (χ1n) is 8.77. The minimum Gasteiger partial charge on any atom is -0.346 e. The lowest BCUT2D eigenvalue weighted by molar-refractivity contribution is -0.144. The monoisotopic (exact) mass is 372 g/mol. The number of benzene rings is 2. The molecule has 0 amide bonds. The van der Waals surface area contributed by atoms with Gasteiger partial charge in [0.15, 0.2) is 0 Å². The van der Waals surface area contributed by atoms with Gasteiger partial charge in [-0.25, -0.2) is 9.97 Å². The van der Waals surface area contributed by atoms with E-state index < -0.39 is 12.0 Å². The fourth-order valence-corrected chi connectivity index (χ4v) is 3.54. The second-order valence-electron chi connectivity index (χ2n) is 6.77. The van der Waals surface area contributed by atoms with Crippen LogP contribution < -0.4 is 4.90 Å². The summed E-state index contributed by atoms with van der Waals surface area (Å²) in [5, 5.41) is 0.635. The Morgan fingerprint density at radius 2 is 1.63 bits per heavy atom. The van der Waals surface area contributed by atoms with Crippen LogP contribution in [-0.4, -0.2) is 41.5 Å². The van der Waals surface area contributed by atoms with Gasteiger partial charge in [-0.1, -0.05) is 42.5 Å². The van der Waals surface area contributed by atoms with Crippen LogP contribution in [0.4, 0.5) is 19.0 Å². The molecule has 1 fully saturated rings. The number of piperazine rings is 1. The Hall–Kier alpha value is -2.67. The average Bonchev–Trinajstić information content (AvgIpc) is 2.67. The topological polar surface area (TPSA) is 32.3 Å². The van der Waals surface area contributed by atoms with Crippen molar-refractivity contribution in [1.29, 1.82) is 0 Å². The van der Waals surface area contributed by atoms with Gasteiger partial charge in [-0.05, 0) is 24.7 Å². The molecular weight excluding hydrogens is 353 g/mol. The number of halogens is 3. The van der Waals surface area contributed by atoms with Gasteiger partial charge in [0.05, 0.1) is 11.6 Å². The van der Waals surface area contributed by atoms with E-state index >= 15 is 0 Å². The number of aromatic nitrogens is 2. The van der Waals surface area contributed by atoms with Crippen molar-refractivity contribution in [1.82, 2.24) is 14.9 Å². The molecule has 0 radical (unpaired) electrons. The van der Waals surface area contributed by atoms with E-state index in [-0.39, 0.29) is 6.04 Å². The van der Waals surface area contributed by atoms with Crippen LogP contribution >= 0.6 is 0 Å². The van der Waals surface area contributed by atoms with Crippen LogP contribution in [0.5, 0.6) is 0 Å². The molecule has 4 nitrogen and oxygen atoms in total. The summed E-state index contributed by atoms with van der Waals surface area (Å²) < 4.78 is 40.2. The van der Waals surface area contributed by atoms with Gasteiger partial charge in [-0.3, -0.25) is 0 Å². The standard InChI is InChI=1S/C20H19F3N4/c1-26-11-12-27(17(13-26)14-7-3-2-4-8-14)18-15-9-5-6-10-16(15)24-19(25-18)20(21,22)23/h2-10,17H,11-13H2,1H3. The molecular formula is C20H19F3N4. The van der Waals surface area contributed by atoms with Gasteiger partial charge in [0.1, 0.15) is 5.82 Å². The number of hydrogen-bond donors (Lipinski definition) is 0. The average molecular weight is 372 g/mol. The first-order chi connectivity index (χ1) is 12.9. The fourth-order valence-electron chi connectivity index (χ4n) is 3.54. The highest BCUT2D eigenvalue weighted by atomic mass is 19.4. The molecule has 7 heteroatoms. The molecule has 1 aliphatic rings. The van der Waals surface area contributed by atoms with Gasteiger partial charge in [-0.15, -0.1) is 0 Å². The van der Waals surface area contributed by atoms with E-state index in [1.807, 2.05) is 42.3 Å². The maximum Gasteiger partial charge on any atom is 0.451 e. The maximum absolute atomic E-state index is 13.4. The number of alkyl halides is 3. The highest BCUT2D eigenvalue weighted by Crippen LogP contribution is 2.36. The Labute approximate surface area is 155 Å². The van der Waals surface area contributed by atoms with Crippen molar-refractivity contribution in [2.24, 2.45) is 0 Å². The quantitative estimate of drug-likeness (QED) is 0.677. The molecule has 4 rings (SSSR count). The van der Waals surface area contributed by atoms with Crippen LogP contribution in [-0.2, 0) is 6.18 Å². The maximum atomic E-state index is 13.4. The van der Waals surface area contributed by atoms with Crippen molar-refractivity contribution in [2.45, 2.75) is 12.2 Å². The van der Waals surface area contributed by atoms with E-state index in [9.17, 15) is 13.2 Å². The Kier molecular flexibility index (Phi) is 4.47. The van der Waals surface area contributed by atoms with Gasteiger partial charge >= 0.3 is 6.18 Å². The van der Waals surface area contributed by atoms with E-state index in [0.717, 1.165) is 12.1 Å². The zero-order chi connectivity index (χ0) is 19.0. The van der Waals surface area contributed by atoms with Crippen LogP contribution in [0.1, 0.15) is 17.4 Å². The summed E-state index contributed by atoms with van der Waals surface area (Å²) in [4.78, 5) is 11.9. The summed E-state index contributed by atoms with van der Waals surface area (Å²) in [6.07, 6.45) is -4.59. The second-order valence-corrected chi connectivity index (χ2v) is 6.77. The summed E-state index contributed by atoms with van der Waals surface area (Å²) in [6.45, 7) is 2.06. The smallest absolute Gasteiger partial charge is 0.346 e. The van der Waals surface area contributed by atoms with Crippen molar-refractivity contribution in [3.8, 4) is 0 Å². The third kappa shape index (κ3) is 3.47. The summed E-state index contributed by atoms with van der Waals surface area (Å²) in [7, 11) is 2.02. The molecule has 1 unspecified atom stereocenters. The van der Waals surface area contributed by atoms with E-state index in [0.29, 0.717) is 29.8 Å². The second kappa shape index (κ2) is 6.81. The lowest BCUT2D eigenvalue weighted by Gasteiger charge is -2.41. The summed E-state index contributed by atoms with van der Waals surface area (Å²) in [5.41, 5.74) is 1.36. The summed E-state index contributed by atoms with van der Waals surface area (Å²) in [6, 6.07) is 16.6. The molecule has 3 aromatic rings. The molecule has 1 aliphatic heterocycles. The van der Waals surface area contributed by atoms with E-state index in [4.69, 9.17) is 0 Å². The number of likely N-dealkylation sites (N-methyl/N-ethyl adjacent to an activating group) is 1. The molecule has 1 atom stereocenters. The van der Waals surface area contributed by atoms with Crippen molar-refractivity contribution in [2.75, 3.05) is 31.6 Å².